The fourth-order valence-corrected chi connectivity index (χ4v) is 9.70. The summed E-state index contributed by atoms with van der Waals surface area (Å²) in [5, 5.41) is 6.61. The summed E-state index contributed by atoms with van der Waals surface area (Å²) in [6.07, 6.45) is 18.8. The largest absolute Gasteiger partial charge is 0.495 e. The van der Waals surface area contributed by atoms with Gasteiger partial charge < -0.3 is 24.4 Å². The highest BCUT2D eigenvalue weighted by molar-refractivity contribution is 6.18. The molecule has 0 saturated carbocycles. The van der Waals surface area contributed by atoms with Crippen molar-refractivity contribution in [3.8, 4) is 11.5 Å². The van der Waals surface area contributed by atoms with Crippen LogP contribution in [0.15, 0.2) is 71.8 Å². The van der Waals surface area contributed by atoms with Crippen LogP contribution in [0.5, 0.6) is 11.5 Å². The number of nitrogens with zero attached hydrogens (tertiary/aromatic N) is 5. The summed E-state index contributed by atoms with van der Waals surface area (Å²) in [4.78, 5) is 41.5. The van der Waals surface area contributed by atoms with E-state index < -0.39 is 0 Å². The number of unbranched alkanes of at least 4 members (excludes halogenated alkanes) is 3. The lowest BCUT2D eigenvalue weighted by Crippen LogP contribution is -2.56. The fraction of sp³-hybridized carbons (Fsp3) is 0.596. The number of benzene rings is 2. The van der Waals surface area contributed by atoms with Crippen LogP contribution in [-0.2, 0) is 9.53 Å². The van der Waals surface area contributed by atoms with Crippen molar-refractivity contribution in [3.05, 3.63) is 72.3 Å². The van der Waals surface area contributed by atoms with Gasteiger partial charge in [-0.15, -0.1) is 0 Å². The molecule has 2 bridgehead atoms. The second-order valence-electron chi connectivity index (χ2n) is 16.8. The van der Waals surface area contributed by atoms with Gasteiger partial charge in [0.2, 0.25) is 5.91 Å². The number of fused-ring (bicyclic) bond motifs is 3. The minimum absolute atomic E-state index is 0.0365. The Balaban J connectivity index is 0.749. The molecule has 59 heavy (non-hydrogen) atoms. The van der Waals surface area contributed by atoms with Gasteiger partial charge in [0.05, 0.1) is 36.7 Å². The molecule has 2 N–H and O–H groups in total. The molecule has 5 aliphatic rings. The second kappa shape index (κ2) is 21.3. The summed E-state index contributed by atoms with van der Waals surface area (Å²) in [5.74, 6) is 1.08. The van der Waals surface area contributed by atoms with Crippen LogP contribution in [0.3, 0.4) is 0 Å². The highest BCUT2D eigenvalue weighted by Gasteiger charge is 2.41. The summed E-state index contributed by atoms with van der Waals surface area (Å²) in [6.45, 7) is 13.6. The number of methoxy groups -OCH3 is 1. The first kappa shape index (κ1) is 42.9. The molecule has 7 rings (SSSR count). The summed E-state index contributed by atoms with van der Waals surface area (Å²) in [7, 11) is 1.61. The molecule has 0 radical (unpaired) electrons. The molecule has 4 atom stereocenters. The number of allylic oxidation sites excluding steroid dienone is 3. The van der Waals surface area contributed by atoms with E-state index in [2.05, 4.69) is 25.3 Å². The van der Waals surface area contributed by atoms with Gasteiger partial charge in [0.1, 0.15) is 23.8 Å². The Morgan fingerprint density at radius 2 is 1.64 bits per heavy atom. The Labute approximate surface area is 352 Å². The molecule has 4 aliphatic heterocycles. The summed E-state index contributed by atoms with van der Waals surface area (Å²) >= 11 is 0. The molecule has 320 valence electrons. The van der Waals surface area contributed by atoms with Crippen molar-refractivity contribution >= 4 is 29.1 Å². The maximum absolute atomic E-state index is 13.9. The number of carbonyl (C=O) groups excluding carboxylic acids is 2. The maximum atomic E-state index is 13.9. The van der Waals surface area contributed by atoms with E-state index in [0.29, 0.717) is 36.7 Å². The monoisotopic (exact) mass is 810 g/mol. The number of aliphatic imine (C=N–C) groups is 1. The number of aryl methyl sites for hydroxylation is 1. The smallest absolute Gasteiger partial charge is 0.412 e. The van der Waals surface area contributed by atoms with Crippen molar-refractivity contribution in [2.45, 2.75) is 102 Å². The molecule has 0 aromatic heterocycles. The van der Waals surface area contributed by atoms with Gasteiger partial charge in [-0.25, -0.2) is 4.79 Å². The Morgan fingerprint density at radius 3 is 2.44 bits per heavy atom. The van der Waals surface area contributed by atoms with Crippen molar-refractivity contribution in [3.63, 3.8) is 0 Å². The van der Waals surface area contributed by atoms with Crippen molar-refractivity contribution in [1.82, 2.24) is 20.0 Å². The third kappa shape index (κ3) is 11.3. The van der Waals surface area contributed by atoms with Gasteiger partial charge in [-0.1, -0.05) is 55.7 Å². The Hall–Kier alpha value is -4.23. The van der Waals surface area contributed by atoms with E-state index in [-0.39, 0.29) is 30.2 Å². The summed E-state index contributed by atoms with van der Waals surface area (Å²) in [6, 6.07) is 14.6. The van der Waals surface area contributed by atoms with Crippen LogP contribution in [0.25, 0.3) is 0 Å². The topological polar surface area (TPSA) is 111 Å². The summed E-state index contributed by atoms with van der Waals surface area (Å²) < 4.78 is 17.3. The number of ether oxygens (including phenoxy) is 3. The first-order chi connectivity index (χ1) is 28.9. The van der Waals surface area contributed by atoms with E-state index in [0.717, 1.165) is 94.3 Å². The van der Waals surface area contributed by atoms with Crippen molar-refractivity contribution in [2.24, 2.45) is 10.9 Å². The van der Waals surface area contributed by atoms with Crippen LogP contribution in [0.2, 0.25) is 0 Å². The van der Waals surface area contributed by atoms with Crippen LogP contribution in [0.1, 0.15) is 76.7 Å². The van der Waals surface area contributed by atoms with Crippen LogP contribution in [-0.4, -0.2) is 129 Å². The molecule has 4 heterocycles. The number of nitrogens with one attached hydrogen (secondary N) is 2. The number of para-hydroxylation sites is 2. The van der Waals surface area contributed by atoms with E-state index in [1.807, 2.05) is 85.5 Å². The SMILES string of the molecule is CCOc1ccccc1N1C(=O)C2C=CC=CC2=NC1CN1CCN(CCCNCCCCCCN2C3CCCC2CC(OC(=O)Nc2cc(C)ccc2OC)C3)CC1. The minimum Gasteiger partial charge on any atom is -0.495 e. The second-order valence-corrected chi connectivity index (χ2v) is 16.8. The number of hydrogen-bond acceptors (Lipinski definition) is 10. The number of anilines is 2. The van der Waals surface area contributed by atoms with Crippen molar-refractivity contribution in [2.75, 3.05) is 82.8 Å². The lowest BCUT2D eigenvalue weighted by atomic mass is 9.82. The zero-order chi connectivity index (χ0) is 41.0. The van der Waals surface area contributed by atoms with Crippen molar-refractivity contribution in [1.29, 1.82) is 0 Å². The van der Waals surface area contributed by atoms with E-state index in [9.17, 15) is 9.59 Å². The third-order valence-corrected chi connectivity index (χ3v) is 12.7. The van der Waals surface area contributed by atoms with Gasteiger partial charge in [-0.05, 0) is 108 Å². The number of piperazine rings is 1. The van der Waals surface area contributed by atoms with Gasteiger partial charge in [-0.3, -0.25) is 29.8 Å². The normalized spacial score (nSPS) is 24.7. The number of hydrogen-bond donors (Lipinski definition) is 2. The molecule has 12 nitrogen and oxygen atoms in total. The fourth-order valence-electron chi connectivity index (χ4n) is 9.70. The van der Waals surface area contributed by atoms with Gasteiger partial charge >= 0.3 is 6.09 Å². The minimum atomic E-state index is -0.388. The predicted molar refractivity (Wildman–Crippen MR) is 236 cm³/mol. The van der Waals surface area contributed by atoms with E-state index in [1.54, 1.807) is 7.11 Å². The van der Waals surface area contributed by atoms with Crippen LogP contribution in [0.4, 0.5) is 16.2 Å². The molecule has 4 unspecified atom stereocenters. The number of rotatable bonds is 19. The molecule has 3 saturated heterocycles. The third-order valence-electron chi connectivity index (χ3n) is 12.7. The highest BCUT2D eigenvalue weighted by Crippen LogP contribution is 2.37. The average Bonchev–Trinajstić information content (AvgIpc) is 3.23. The standard InChI is InChI=1S/C47H67N7O5/c1-4-58-44-20-10-9-19-42(44)54-45(49-40-18-8-7-17-39(40)46(54)55)34-52-29-27-51(28-30-52)25-14-24-48-23-11-5-6-12-26-53-36-15-13-16-37(53)33-38(32-36)59-47(56)50-41-31-35(2)21-22-43(41)57-3/h7-10,17-22,31,36-39,45,48H,4-6,11-16,23-30,32-34H2,1-3H3,(H,50,56). The van der Waals surface area contributed by atoms with Crippen molar-refractivity contribution < 1.29 is 23.8 Å². The van der Waals surface area contributed by atoms with Crippen LogP contribution >= 0.6 is 0 Å². The zero-order valence-corrected chi connectivity index (χ0v) is 35.7. The Bertz CT molecular complexity index is 1780. The average molecular weight is 810 g/mol. The lowest BCUT2D eigenvalue weighted by molar-refractivity contribution is -0.120. The first-order valence-corrected chi connectivity index (χ1v) is 22.4. The highest BCUT2D eigenvalue weighted by atomic mass is 16.6. The molecule has 3 fully saturated rings. The van der Waals surface area contributed by atoms with Gasteiger partial charge in [0.25, 0.3) is 0 Å². The Morgan fingerprint density at radius 1 is 0.881 bits per heavy atom. The molecule has 2 aromatic carbocycles. The summed E-state index contributed by atoms with van der Waals surface area (Å²) in [5.41, 5.74) is 3.36. The molecule has 2 amide bonds. The molecular formula is C47H67N7O5. The van der Waals surface area contributed by atoms with E-state index >= 15 is 0 Å². The zero-order valence-electron chi connectivity index (χ0n) is 35.7. The van der Waals surface area contributed by atoms with Crippen LogP contribution < -0.4 is 25.0 Å². The molecule has 2 aromatic rings. The quantitative estimate of drug-likeness (QED) is 0.144. The first-order valence-electron chi connectivity index (χ1n) is 22.4. The van der Waals surface area contributed by atoms with E-state index in [1.165, 1.54) is 44.9 Å². The number of carbonyl (C=O) groups is 2. The predicted octanol–water partition coefficient (Wildman–Crippen LogP) is 7.05. The molecule has 1 aliphatic carbocycles. The maximum Gasteiger partial charge on any atom is 0.412 e. The number of piperidine rings is 2. The lowest BCUT2D eigenvalue weighted by Gasteiger charge is -2.48. The van der Waals surface area contributed by atoms with Gasteiger partial charge in [-0.2, -0.15) is 0 Å². The van der Waals surface area contributed by atoms with Crippen LogP contribution in [0, 0.1) is 12.8 Å². The molecule has 12 heteroatoms. The molecular weight excluding hydrogens is 743 g/mol. The number of amides is 2. The van der Waals surface area contributed by atoms with Gasteiger partial charge in [0, 0.05) is 57.6 Å². The Kier molecular flexibility index (Phi) is 15.5. The van der Waals surface area contributed by atoms with E-state index in [4.69, 9.17) is 19.2 Å². The van der Waals surface area contributed by atoms with Gasteiger partial charge in [0.15, 0.2) is 0 Å². The molecule has 0 spiro atoms.